The fourth-order valence-electron chi connectivity index (χ4n) is 4.46. The van der Waals surface area contributed by atoms with Crippen LogP contribution in [0.2, 0.25) is 5.02 Å². The van der Waals surface area contributed by atoms with Gasteiger partial charge < -0.3 is 24.3 Å². The van der Waals surface area contributed by atoms with Gasteiger partial charge in [-0.05, 0) is 66.8 Å². The quantitative estimate of drug-likeness (QED) is 0.398. The van der Waals surface area contributed by atoms with Crippen molar-refractivity contribution in [2.75, 3.05) is 11.7 Å². The first-order valence-corrected chi connectivity index (χ1v) is 11.3. The average Bonchev–Trinajstić information content (AvgIpc) is 3.57. The third-order valence-electron chi connectivity index (χ3n) is 5.90. The van der Waals surface area contributed by atoms with Crippen LogP contribution in [0.5, 0.6) is 11.5 Å². The smallest absolute Gasteiger partial charge is 0.231 e. The Morgan fingerprint density at radius 3 is 2.70 bits per heavy atom. The molecule has 0 bridgehead atoms. The third kappa shape index (κ3) is 3.50. The molecule has 2 aliphatic rings. The number of anilines is 1. The van der Waals surface area contributed by atoms with Crippen LogP contribution in [-0.4, -0.2) is 21.5 Å². The van der Waals surface area contributed by atoms with Crippen LogP contribution in [0, 0.1) is 0 Å². The number of hydrogen-bond donors (Lipinski definition) is 1. The van der Waals surface area contributed by atoms with E-state index in [1.54, 1.807) is 6.20 Å². The molecule has 2 aromatic heterocycles. The number of thiocarbonyl (C=S) groups is 1. The summed E-state index contributed by atoms with van der Waals surface area (Å²) in [6.45, 7) is 0.221. The zero-order valence-electron chi connectivity index (χ0n) is 17.4. The Morgan fingerprint density at radius 1 is 0.939 bits per heavy atom. The van der Waals surface area contributed by atoms with Crippen LogP contribution in [0.1, 0.15) is 23.5 Å². The largest absolute Gasteiger partial charge is 0.454 e. The average molecular weight is 475 g/mol. The molecule has 164 valence electrons. The zero-order valence-corrected chi connectivity index (χ0v) is 19.0. The summed E-state index contributed by atoms with van der Waals surface area (Å²) in [5.41, 5.74) is 3.86. The molecular weight excluding hydrogens is 456 g/mol. The highest BCUT2D eigenvalue weighted by atomic mass is 35.5. The molecule has 0 unspecified atom stereocenters. The van der Waals surface area contributed by atoms with E-state index in [2.05, 4.69) is 25.8 Å². The predicted octanol–water partition coefficient (Wildman–Crippen LogP) is 5.43. The van der Waals surface area contributed by atoms with Crippen molar-refractivity contribution >= 4 is 34.6 Å². The Bertz CT molecular complexity index is 1340. The van der Waals surface area contributed by atoms with Gasteiger partial charge in [-0.15, -0.1) is 0 Å². The van der Waals surface area contributed by atoms with Gasteiger partial charge in [0.2, 0.25) is 6.79 Å². The fraction of sp³-hybridized carbons (Fsp3) is 0.120. The number of halogens is 1. The maximum absolute atomic E-state index is 6.31. The van der Waals surface area contributed by atoms with Gasteiger partial charge in [0.05, 0.1) is 11.7 Å². The van der Waals surface area contributed by atoms with E-state index < -0.39 is 0 Å². The molecular formula is C25H19ClN4O2S. The number of pyridine rings is 1. The number of rotatable bonds is 4. The normalized spacial score (nSPS) is 19.1. The molecule has 0 saturated carbocycles. The lowest BCUT2D eigenvalue weighted by Crippen LogP contribution is -2.30. The van der Waals surface area contributed by atoms with Gasteiger partial charge in [0.25, 0.3) is 0 Å². The van der Waals surface area contributed by atoms with Gasteiger partial charge in [0.1, 0.15) is 6.04 Å². The van der Waals surface area contributed by atoms with Crippen molar-refractivity contribution in [3.8, 4) is 17.2 Å². The standard InChI is InChI=1S/C25H19ClN4O2S/c26-16-5-3-6-17(13-16)29-12-4-8-20(29)24-23(19-7-1-2-11-27-19)28-25(33)30(24)18-9-10-21-22(14-18)32-15-31-21/h1-14,23-24H,15H2,(H,28,33)/t23-,24+/m0/s1. The van der Waals surface area contributed by atoms with Crippen LogP contribution in [0.15, 0.2) is 85.2 Å². The first-order chi connectivity index (χ1) is 16.2. The van der Waals surface area contributed by atoms with Gasteiger partial charge in [-0.3, -0.25) is 4.98 Å². The maximum atomic E-state index is 6.31. The van der Waals surface area contributed by atoms with Crippen LogP contribution in [0.3, 0.4) is 0 Å². The summed E-state index contributed by atoms with van der Waals surface area (Å²) in [6, 6.07) is 23.4. The first kappa shape index (κ1) is 20.1. The minimum absolute atomic E-state index is 0.156. The number of nitrogens with one attached hydrogen (secondary N) is 1. The van der Waals surface area contributed by atoms with Crippen LogP contribution < -0.4 is 19.7 Å². The molecule has 0 spiro atoms. The van der Waals surface area contributed by atoms with Gasteiger partial charge in [-0.25, -0.2) is 0 Å². The lowest BCUT2D eigenvalue weighted by Gasteiger charge is -2.29. The molecule has 6 nitrogen and oxygen atoms in total. The van der Waals surface area contributed by atoms with Crippen molar-refractivity contribution in [2.45, 2.75) is 12.1 Å². The van der Waals surface area contributed by atoms with Crippen LogP contribution in [0.4, 0.5) is 5.69 Å². The molecule has 2 aliphatic heterocycles. The first-order valence-electron chi connectivity index (χ1n) is 10.5. The summed E-state index contributed by atoms with van der Waals surface area (Å²) < 4.78 is 13.3. The second kappa shape index (κ2) is 8.10. The minimum atomic E-state index is -0.165. The number of benzene rings is 2. The van der Waals surface area contributed by atoms with E-state index in [0.29, 0.717) is 15.9 Å². The van der Waals surface area contributed by atoms with E-state index in [4.69, 9.17) is 33.3 Å². The summed E-state index contributed by atoms with van der Waals surface area (Å²) in [4.78, 5) is 6.75. The van der Waals surface area contributed by atoms with Crippen LogP contribution >= 0.6 is 23.8 Å². The molecule has 8 heteroatoms. The molecule has 1 saturated heterocycles. The molecule has 0 radical (unpaired) electrons. The molecule has 4 heterocycles. The lowest BCUT2D eigenvalue weighted by atomic mass is 10.0. The van der Waals surface area contributed by atoms with E-state index in [-0.39, 0.29) is 18.9 Å². The Balaban J connectivity index is 1.51. The van der Waals surface area contributed by atoms with E-state index in [1.165, 1.54) is 0 Å². The third-order valence-corrected chi connectivity index (χ3v) is 6.45. The summed E-state index contributed by atoms with van der Waals surface area (Å²) in [6.07, 6.45) is 3.84. The summed E-state index contributed by atoms with van der Waals surface area (Å²) in [7, 11) is 0. The summed E-state index contributed by atoms with van der Waals surface area (Å²) in [5, 5.41) is 4.80. The predicted molar refractivity (Wildman–Crippen MR) is 131 cm³/mol. The van der Waals surface area contributed by atoms with Crippen molar-refractivity contribution in [3.63, 3.8) is 0 Å². The topological polar surface area (TPSA) is 51.6 Å². The molecule has 33 heavy (non-hydrogen) atoms. The molecule has 6 rings (SSSR count). The summed E-state index contributed by atoms with van der Waals surface area (Å²) in [5.74, 6) is 1.44. The molecule has 2 atom stereocenters. The van der Waals surface area contributed by atoms with Crippen LogP contribution in [0.25, 0.3) is 5.69 Å². The van der Waals surface area contributed by atoms with Crippen molar-refractivity contribution in [2.24, 2.45) is 0 Å². The van der Waals surface area contributed by atoms with Crippen molar-refractivity contribution in [1.82, 2.24) is 14.9 Å². The second-order valence-corrected chi connectivity index (χ2v) is 8.64. The maximum Gasteiger partial charge on any atom is 0.231 e. The highest BCUT2D eigenvalue weighted by molar-refractivity contribution is 7.80. The number of fused-ring (bicyclic) bond motifs is 1. The van der Waals surface area contributed by atoms with Gasteiger partial charge in [-0.2, -0.15) is 0 Å². The number of aromatic nitrogens is 2. The van der Waals surface area contributed by atoms with Gasteiger partial charge in [-0.1, -0.05) is 23.7 Å². The Morgan fingerprint density at radius 2 is 1.85 bits per heavy atom. The molecule has 4 aromatic rings. The SMILES string of the molecule is S=C1N[C@@H](c2ccccn2)[C@@H](c2cccn2-c2cccc(Cl)c2)N1c1ccc2c(c1)OCO2. The van der Waals surface area contributed by atoms with Gasteiger partial charge >= 0.3 is 0 Å². The molecule has 1 N–H and O–H groups in total. The van der Waals surface area contributed by atoms with Crippen LogP contribution in [-0.2, 0) is 0 Å². The zero-order chi connectivity index (χ0) is 22.4. The van der Waals surface area contributed by atoms with E-state index in [1.807, 2.05) is 72.9 Å². The van der Waals surface area contributed by atoms with E-state index in [0.717, 1.165) is 28.5 Å². The highest BCUT2D eigenvalue weighted by Gasteiger charge is 2.42. The van der Waals surface area contributed by atoms with Gasteiger partial charge in [0.15, 0.2) is 16.6 Å². The number of nitrogens with zero attached hydrogens (tertiary/aromatic N) is 3. The summed E-state index contributed by atoms with van der Waals surface area (Å²) >= 11 is 12.2. The molecule has 0 amide bonds. The van der Waals surface area contributed by atoms with E-state index in [9.17, 15) is 0 Å². The Kier molecular flexibility index (Phi) is 4.93. The monoisotopic (exact) mass is 474 g/mol. The minimum Gasteiger partial charge on any atom is -0.454 e. The van der Waals surface area contributed by atoms with E-state index >= 15 is 0 Å². The number of hydrogen-bond acceptors (Lipinski definition) is 4. The van der Waals surface area contributed by atoms with Crippen molar-refractivity contribution in [1.29, 1.82) is 0 Å². The lowest BCUT2D eigenvalue weighted by molar-refractivity contribution is 0.174. The Hall–Kier alpha value is -3.55. The molecule has 2 aromatic carbocycles. The Labute approximate surface area is 201 Å². The second-order valence-electron chi connectivity index (χ2n) is 7.82. The highest BCUT2D eigenvalue weighted by Crippen LogP contribution is 2.44. The fourth-order valence-corrected chi connectivity index (χ4v) is 5.00. The van der Waals surface area contributed by atoms with Crippen molar-refractivity contribution in [3.05, 3.63) is 102 Å². The molecule has 0 aliphatic carbocycles. The van der Waals surface area contributed by atoms with Gasteiger partial charge in [0, 0.05) is 40.6 Å². The number of ether oxygens (including phenoxy) is 2. The van der Waals surface area contributed by atoms with Crippen molar-refractivity contribution < 1.29 is 9.47 Å². The molecule has 1 fully saturated rings.